The van der Waals surface area contributed by atoms with E-state index < -0.39 is 0 Å². The highest BCUT2D eigenvalue weighted by molar-refractivity contribution is 5.75. The van der Waals surface area contributed by atoms with E-state index in [0.717, 1.165) is 6.54 Å². The van der Waals surface area contributed by atoms with Crippen molar-refractivity contribution in [2.75, 3.05) is 13.1 Å². The second kappa shape index (κ2) is 6.33. The predicted octanol–water partition coefficient (Wildman–Crippen LogP) is -0.390. The number of fused-ring (bicyclic) bond motifs is 1. The van der Waals surface area contributed by atoms with E-state index in [1.165, 1.54) is 9.08 Å². The summed E-state index contributed by atoms with van der Waals surface area (Å²) in [7, 11) is 0. The lowest BCUT2D eigenvalue weighted by Crippen LogP contribution is -2.41. The lowest BCUT2D eigenvalue weighted by atomic mass is 10.3. The molecule has 7 heteroatoms. The lowest BCUT2D eigenvalue weighted by molar-refractivity contribution is -0.122. The van der Waals surface area contributed by atoms with E-state index in [1.807, 2.05) is 13.8 Å². The van der Waals surface area contributed by atoms with Gasteiger partial charge in [-0.3, -0.25) is 9.20 Å². The Hall–Kier alpha value is -2.15. The normalized spacial score (nSPS) is 12.5. The van der Waals surface area contributed by atoms with Gasteiger partial charge < -0.3 is 10.6 Å². The number of rotatable bonds is 6. The molecule has 0 aliphatic carbocycles. The Morgan fingerprint density at radius 3 is 2.95 bits per heavy atom. The number of amides is 1. The van der Waals surface area contributed by atoms with Crippen molar-refractivity contribution < 1.29 is 4.79 Å². The van der Waals surface area contributed by atoms with Crippen molar-refractivity contribution in [1.82, 2.24) is 24.8 Å². The number of carbonyl (C=O) groups excluding carboxylic acids is 1. The van der Waals surface area contributed by atoms with Crippen LogP contribution in [0.15, 0.2) is 29.2 Å². The number of hydrogen-bond acceptors (Lipinski definition) is 4. The van der Waals surface area contributed by atoms with Gasteiger partial charge in [-0.25, -0.2) is 9.48 Å². The molecule has 0 aromatic carbocycles. The largest absolute Gasteiger partial charge is 0.353 e. The molecule has 0 radical (unpaired) electrons. The Balaban J connectivity index is 2.00. The molecule has 2 aromatic rings. The molecule has 0 unspecified atom stereocenters. The van der Waals surface area contributed by atoms with E-state index >= 15 is 0 Å². The standard InChI is InChI=1S/C13H19N5O2/c1-3-14-10(2)8-15-12(19)9-18-13(20)17-7-5-4-6-11(17)16-18/h4-7,10,14H,3,8-9H2,1-2H3,(H,15,19)/t10-/m1/s1. The molecule has 0 saturated carbocycles. The van der Waals surface area contributed by atoms with Crippen LogP contribution < -0.4 is 16.3 Å². The van der Waals surface area contributed by atoms with Crippen LogP contribution in [0.4, 0.5) is 0 Å². The first kappa shape index (κ1) is 14.3. The first-order valence-corrected chi connectivity index (χ1v) is 6.66. The second-order valence-electron chi connectivity index (χ2n) is 4.63. The zero-order chi connectivity index (χ0) is 14.5. The molecule has 1 atom stereocenters. The molecule has 0 aliphatic rings. The van der Waals surface area contributed by atoms with Crippen molar-refractivity contribution in [1.29, 1.82) is 0 Å². The van der Waals surface area contributed by atoms with Crippen LogP contribution in [0.2, 0.25) is 0 Å². The van der Waals surface area contributed by atoms with Crippen LogP contribution >= 0.6 is 0 Å². The minimum atomic E-state index is -0.310. The van der Waals surface area contributed by atoms with Gasteiger partial charge in [0.05, 0.1) is 0 Å². The number of likely N-dealkylation sites (N-methyl/N-ethyl adjacent to an activating group) is 1. The summed E-state index contributed by atoms with van der Waals surface area (Å²) in [6.45, 7) is 5.30. The van der Waals surface area contributed by atoms with E-state index in [0.29, 0.717) is 12.2 Å². The minimum absolute atomic E-state index is 0.0701. The average molecular weight is 277 g/mol. The third-order valence-electron chi connectivity index (χ3n) is 2.94. The molecule has 7 nitrogen and oxygen atoms in total. The van der Waals surface area contributed by atoms with Gasteiger partial charge in [0.2, 0.25) is 5.91 Å². The Morgan fingerprint density at radius 2 is 2.25 bits per heavy atom. The van der Waals surface area contributed by atoms with Gasteiger partial charge in [0.1, 0.15) is 6.54 Å². The Labute approximate surface area is 116 Å². The van der Waals surface area contributed by atoms with Crippen LogP contribution in [0.25, 0.3) is 5.65 Å². The summed E-state index contributed by atoms with van der Waals surface area (Å²) in [5.41, 5.74) is 0.224. The van der Waals surface area contributed by atoms with Crippen LogP contribution in [0.1, 0.15) is 13.8 Å². The summed E-state index contributed by atoms with van der Waals surface area (Å²) in [6.07, 6.45) is 1.63. The Morgan fingerprint density at radius 1 is 1.45 bits per heavy atom. The van der Waals surface area contributed by atoms with Gasteiger partial charge in [0.25, 0.3) is 0 Å². The van der Waals surface area contributed by atoms with Crippen molar-refractivity contribution in [3.63, 3.8) is 0 Å². The second-order valence-corrected chi connectivity index (χ2v) is 4.63. The van der Waals surface area contributed by atoms with Gasteiger partial charge in [0.15, 0.2) is 5.65 Å². The van der Waals surface area contributed by atoms with E-state index in [-0.39, 0.29) is 24.2 Å². The summed E-state index contributed by atoms with van der Waals surface area (Å²) in [5, 5.41) is 10.1. The topological polar surface area (TPSA) is 80.4 Å². The fourth-order valence-corrected chi connectivity index (χ4v) is 1.95. The Bertz CT molecular complexity index is 645. The molecule has 1 amide bonds. The maximum absolute atomic E-state index is 12.0. The monoisotopic (exact) mass is 277 g/mol. The van der Waals surface area contributed by atoms with Gasteiger partial charge in [-0.05, 0) is 25.6 Å². The molecule has 108 valence electrons. The fourth-order valence-electron chi connectivity index (χ4n) is 1.95. The van der Waals surface area contributed by atoms with E-state index in [2.05, 4.69) is 15.7 Å². The molecule has 2 N–H and O–H groups in total. The summed E-state index contributed by atoms with van der Waals surface area (Å²) in [6, 6.07) is 5.47. The van der Waals surface area contributed by atoms with Crippen molar-refractivity contribution in [3.05, 3.63) is 34.9 Å². The maximum Gasteiger partial charge on any atom is 0.350 e. The summed E-state index contributed by atoms with van der Waals surface area (Å²) in [4.78, 5) is 23.8. The quantitative estimate of drug-likeness (QED) is 0.753. The van der Waals surface area contributed by atoms with Crippen molar-refractivity contribution in [3.8, 4) is 0 Å². The van der Waals surface area contributed by atoms with Crippen molar-refractivity contribution in [2.24, 2.45) is 0 Å². The molecule has 2 rings (SSSR count). The number of nitrogens with zero attached hydrogens (tertiary/aromatic N) is 3. The third-order valence-corrected chi connectivity index (χ3v) is 2.94. The molecular formula is C13H19N5O2. The van der Waals surface area contributed by atoms with Crippen molar-refractivity contribution in [2.45, 2.75) is 26.4 Å². The first-order valence-electron chi connectivity index (χ1n) is 6.66. The van der Waals surface area contributed by atoms with Gasteiger partial charge in [-0.15, -0.1) is 5.10 Å². The molecular weight excluding hydrogens is 258 g/mol. The molecule has 2 heterocycles. The minimum Gasteiger partial charge on any atom is -0.353 e. The van der Waals surface area contributed by atoms with Gasteiger partial charge >= 0.3 is 5.69 Å². The van der Waals surface area contributed by atoms with Crippen LogP contribution in [0, 0.1) is 0 Å². The lowest BCUT2D eigenvalue weighted by Gasteiger charge is -2.12. The summed E-state index contributed by atoms with van der Waals surface area (Å²) in [5.74, 6) is -0.222. The predicted molar refractivity (Wildman–Crippen MR) is 75.6 cm³/mol. The van der Waals surface area contributed by atoms with Gasteiger partial charge in [-0.1, -0.05) is 13.0 Å². The Kier molecular flexibility index (Phi) is 4.52. The maximum atomic E-state index is 12.0. The third kappa shape index (κ3) is 3.24. The number of aromatic nitrogens is 3. The molecule has 0 aliphatic heterocycles. The highest BCUT2D eigenvalue weighted by atomic mass is 16.2. The van der Waals surface area contributed by atoms with E-state index in [4.69, 9.17) is 0 Å². The first-order chi connectivity index (χ1) is 9.61. The molecule has 20 heavy (non-hydrogen) atoms. The number of pyridine rings is 1. The molecule has 0 spiro atoms. The molecule has 2 aromatic heterocycles. The summed E-state index contributed by atoms with van der Waals surface area (Å²) < 4.78 is 2.58. The average Bonchev–Trinajstić information content (AvgIpc) is 2.74. The molecule has 0 fully saturated rings. The van der Waals surface area contributed by atoms with Crippen LogP contribution in [0.5, 0.6) is 0 Å². The smallest absolute Gasteiger partial charge is 0.350 e. The van der Waals surface area contributed by atoms with Crippen LogP contribution in [-0.2, 0) is 11.3 Å². The number of hydrogen-bond donors (Lipinski definition) is 2. The number of carbonyl (C=O) groups is 1. The zero-order valence-electron chi connectivity index (χ0n) is 11.7. The van der Waals surface area contributed by atoms with E-state index in [1.54, 1.807) is 24.4 Å². The van der Waals surface area contributed by atoms with Gasteiger partial charge in [-0.2, -0.15) is 0 Å². The van der Waals surface area contributed by atoms with Gasteiger partial charge in [0, 0.05) is 18.8 Å². The van der Waals surface area contributed by atoms with E-state index in [9.17, 15) is 9.59 Å². The van der Waals surface area contributed by atoms with Crippen LogP contribution in [0.3, 0.4) is 0 Å². The highest BCUT2D eigenvalue weighted by Gasteiger charge is 2.10. The molecule has 0 saturated heterocycles. The van der Waals surface area contributed by atoms with Crippen LogP contribution in [-0.4, -0.2) is 39.2 Å². The SMILES string of the molecule is CCN[C@H](C)CNC(=O)Cn1nc2ccccn2c1=O. The molecule has 0 bridgehead atoms. The highest BCUT2D eigenvalue weighted by Crippen LogP contribution is 1.94. The summed E-state index contributed by atoms with van der Waals surface area (Å²) >= 11 is 0. The number of nitrogens with one attached hydrogen (secondary N) is 2. The zero-order valence-corrected chi connectivity index (χ0v) is 11.7. The fraction of sp³-hybridized carbons (Fsp3) is 0.462. The van der Waals surface area contributed by atoms with Crippen molar-refractivity contribution >= 4 is 11.6 Å².